The number of carbonyl (C=O) groups excluding carboxylic acids is 1. The van der Waals surface area contributed by atoms with Crippen LogP contribution in [0, 0.1) is 12.7 Å². The minimum absolute atomic E-state index is 0.159. The summed E-state index contributed by atoms with van der Waals surface area (Å²) in [5, 5.41) is 4.61. The van der Waals surface area contributed by atoms with Gasteiger partial charge in [-0.15, -0.1) is 0 Å². The van der Waals surface area contributed by atoms with Gasteiger partial charge in [0.1, 0.15) is 16.6 Å². The quantitative estimate of drug-likeness (QED) is 0.625. The normalized spacial score (nSPS) is 13.5. The Kier molecular flexibility index (Phi) is 4.94. The van der Waals surface area contributed by atoms with Crippen LogP contribution in [-0.4, -0.2) is 22.6 Å². The lowest BCUT2D eigenvalue weighted by molar-refractivity contribution is 0.0981. The number of amides is 1. The van der Waals surface area contributed by atoms with Gasteiger partial charge in [0, 0.05) is 24.6 Å². The van der Waals surface area contributed by atoms with E-state index in [1.807, 2.05) is 13.0 Å². The maximum absolute atomic E-state index is 13.8. The van der Waals surface area contributed by atoms with E-state index in [0.717, 1.165) is 29.9 Å². The van der Waals surface area contributed by atoms with Gasteiger partial charge < -0.3 is 9.42 Å². The first-order valence-corrected chi connectivity index (χ1v) is 9.70. The number of thioether (sulfide) groups is 1. The molecule has 0 spiro atoms. The molecule has 7 heteroatoms. The van der Waals surface area contributed by atoms with Gasteiger partial charge in [-0.05, 0) is 49.6 Å². The molecule has 0 fully saturated rings. The molecule has 2 aromatic heterocycles. The first-order chi connectivity index (χ1) is 13.1. The second-order valence-corrected chi connectivity index (χ2v) is 7.37. The zero-order valence-corrected chi connectivity index (χ0v) is 15.6. The van der Waals surface area contributed by atoms with Gasteiger partial charge in [-0.2, -0.15) is 0 Å². The van der Waals surface area contributed by atoms with Crippen LogP contribution in [0.5, 0.6) is 0 Å². The molecule has 3 heterocycles. The number of anilines is 1. The van der Waals surface area contributed by atoms with Gasteiger partial charge in [0.15, 0.2) is 0 Å². The standard InChI is InChI=1S/C20H18FN3O2S/c1-13-10-16(23-26-13)12-27-19-17(5-2-8-22-19)20(25)24-9-3-4-14-6-7-15(21)11-18(14)24/h2,5-8,10-11H,3-4,9,12H2,1H3. The molecule has 0 saturated heterocycles. The van der Waals surface area contributed by atoms with Crippen LogP contribution in [0.15, 0.2) is 52.1 Å². The number of rotatable bonds is 4. The van der Waals surface area contributed by atoms with Crippen molar-refractivity contribution in [1.29, 1.82) is 0 Å². The maximum atomic E-state index is 13.8. The van der Waals surface area contributed by atoms with Crippen molar-refractivity contribution in [3.05, 3.63) is 71.0 Å². The summed E-state index contributed by atoms with van der Waals surface area (Å²) in [6.07, 6.45) is 3.36. The van der Waals surface area contributed by atoms with Gasteiger partial charge in [0.25, 0.3) is 5.91 Å². The molecule has 0 aliphatic carbocycles. The van der Waals surface area contributed by atoms with Gasteiger partial charge in [0.05, 0.1) is 16.9 Å². The number of halogens is 1. The van der Waals surface area contributed by atoms with E-state index in [2.05, 4.69) is 10.1 Å². The molecule has 0 bridgehead atoms. The highest BCUT2D eigenvalue weighted by Gasteiger charge is 2.26. The van der Waals surface area contributed by atoms with Gasteiger partial charge in [0.2, 0.25) is 0 Å². The molecule has 0 saturated carbocycles. The fourth-order valence-electron chi connectivity index (χ4n) is 3.20. The van der Waals surface area contributed by atoms with Gasteiger partial charge >= 0.3 is 0 Å². The number of benzene rings is 1. The summed E-state index contributed by atoms with van der Waals surface area (Å²) < 4.78 is 18.8. The summed E-state index contributed by atoms with van der Waals surface area (Å²) in [4.78, 5) is 19.3. The van der Waals surface area contributed by atoms with Crippen LogP contribution in [0.25, 0.3) is 0 Å². The van der Waals surface area contributed by atoms with E-state index in [-0.39, 0.29) is 11.7 Å². The molecule has 5 nitrogen and oxygen atoms in total. The van der Waals surface area contributed by atoms with Crippen LogP contribution in [0.4, 0.5) is 10.1 Å². The van der Waals surface area contributed by atoms with Crippen LogP contribution in [0.3, 0.4) is 0 Å². The Morgan fingerprint density at radius 1 is 1.33 bits per heavy atom. The molecule has 1 amide bonds. The summed E-state index contributed by atoms with van der Waals surface area (Å²) in [7, 11) is 0. The number of carbonyl (C=O) groups is 1. The van der Waals surface area contributed by atoms with Gasteiger partial charge in [-0.3, -0.25) is 4.79 Å². The van der Waals surface area contributed by atoms with E-state index >= 15 is 0 Å². The first-order valence-electron chi connectivity index (χ1n) is 8.72. The highest BCUT2D eigenvalue weighted by atomic mass is 32.2. The highest BCUT2D eigenvalue weighted by molar-refractivity contribution is 7.98. The van der Waals surface area contributed by atoms with E-state index in [9.17, 15) is 9.18 Å². The third-order valence-electron chi connectivity index (χ3n) is 4.45. The minimum atomic E-state index is -0.337. The molecule has 1 aliphatic rings. The Balaban J connectivity index is 1.61. The Labute approximate surface area is 160 Å². The van der Waals surface area contributed by atoms with Crippen LogP contribution >= 0.6 is 11.8 Å². The predicted molar refractivity (Wildman–Crippen MR) is 101 cm³/mol. The van der Waals surface area contributed by atoms with Crippen molar-refractivity contribution in [2.45, 2.75) is 30.5 Å². The number of fused-ring (bicyclic) bond motifs is 1. The number of aryl methyl sites for hydroxylation is 2. The molecule has 1 aromatic carbocycles. The van der Waals surface area contributed by atoms with Crippen LogP contribution in [0.1, 0.15) is 33.8 Å². The molecule has 0 radical (unpaired) electrons. The third kappa shape index (κ3) is 3.73. The lowest BCUT2D eigenvalue weighted by atomic mass is 10.0. The average molecular weight is 383 g/mol. The number of hydrogen-bond donors (Lipinski definition) is 0. The topological polar surface area (TPSA) is 59.2 Å². The van der Waals surface area contributed by atoms with Gasteiger partial charge in [-0.25, -0.2) is 9.37 Å². The van der Waals surface area contributed by atoms with Crippen molar-refractivity contribution in [2.75, 3.05) is 11.4 Å². The molecular weight excluding hydrogens is 365 g/mol. The Hall–Kier alpha value is -2.67. The lowest BCUT2D eigenvalue weighted by Crippen LogP contribution is -2.36. The molecule has 27 heavy (non-hydrogen) atoms. The summed E-state index contributed by atoms with van der Waals surface area (Å²) in [5.41, 5.74) is 2.96. The Morgan fingerprint density at radius 2 is 2.22 bits per heavy atom. The predicted octanol–water partition coefficient (Wildman–Crippen LogP) is 4.40. The largest absolute Gasteiger partial charge is 0.361 e. The monoisotopic (exact) mass is 383 g/mol. The number of nitrogens with zero attached hydrogens (tertiary/aromatic N) is 3. The molecule has 0 atom stereocenters. The second-order valence-electron chi connectivity index (χ2n) is 6.41. The average Bonchev–Trinajstić information content (AvgIpc) is 3.11. The van der Waals surface area contributed by atoms with E-state index in [4.69, 9.17) is 4.52 Å². The van der Waals surface area contributed by atoms with Crippen LogP contribution in [0.2, 0.25) is 0 Å². The van der Waals surface area contributed by atoms with Crippen molar-refractivity contribution >= 4 is 23.4 Å². The minimum Gasteiger partial charge on any atom is -0.361 e. The van der Waals surface area contributed by atoms with Crippen molar-refractivity contribution in [3.8, 4) is 0 Å². The molecule has 0 unspecified atom stereocenters. The lowest BCUT2D eigenvalue weighted by Gasteiger charge is -2.30. The summed E-state index contributed by atoms with van der Waals surface area (Å²) in [6, 6.07) is 10.0. The number of aromatic nitrogens is 2. The van der Waals surface area contributed by atoms with Crippen LogP contribution < -0.4 is 4.90 Å². The number of pyridine rings is 1. The van der Waals surface area contributed by atoms with Gasteiger partial charge in [-0.1, -0.05) is 23.0 Å². The molecule has 138 valence electrons. The van der Waals surface area contributed by atoms with E-state index in [1.165, 1.54) is 23.9 Å². The first kappa shape index (κ1) is 17.7. The van der Waals surface area contributed by atoms with E-state index in [0.29, 0.717) is 28.6 Å². The number of hydrogen-bond acceptors (Lipinski definition) is 5. The maximum Gasteiger partial charge on any atom is 0.261 e. The van der Waals surface area contributed by atoms with E-state index < -0.39 is 0 Å². The van der Waals surface area contributed by atoms with Crippen molar-refractivity contribution in [2.24, 2.45) is 0 Å². The van der Waals surface area contributed by atoms with Crippen molar-refractivity contribution in [3.63, 3.8) is 0 Å². The third-order valence-corrected chi connectivity index (χ3v) is 5.49. The molecule has 1 aliphatic heterocycles. The summed E-state index contributed by atoms with van der Waals surface area (Å²) >= 11 is 1.44. The zero-order chi connectivity index (χ0) is 18.8. The molecule has 0 N–H and O–H groups in total. The SMILES string of the molecule is Cc1cc(CSc2ncccc2C(=O)N2CCCc3ccc(F)cc32)no1. The summed E-state index contributed by atoms with van der Waals surface area (Å²) in [5.74, 6) is 0.804. The molecule has 3 aromatic rings. The van der Waals surface area contributed by atoms with Crippen LogP contribution in [-0.2, 0) is 12.2 Å². The molecular formula is C20H18FN3O2S. The molecule has 4 rings (SSSR count). The Morgan fingerprint density at radius 3 is 3.04 bits per heavy atom. The Bertz CT molecular complexity index is 989. The highest BCUT2D eigenvalue weighted by Crippen LogP contribution is 2.31. The van der Waals surface area contributed by atoms with E-state index in [1.54, 1.807) is 29.3 Å². The fourth-order valence-corrected chi connectivity index (χ4v) is 4.07. The smallest absolute Gasteiger partial charge is 0.261 e. The second kappa shape index (κ2) is 7.52. The fraction of sp³-hybridized carbons (Fsp3) is 0.250. The van der Waals surface area contributed by atoms with Crippen molar-refractivity contribution < 1.29 is 13.7 Å². The van der Waals surface area contributed by atoms with Crippen molar-refractivity contribution in [1.82, 2.24) is 10.1 Å². The zero-order valence-electron chi connectivity index (χ0n) is 14.8. The summed E-state index contributed by atoms with van der Waals surface area (Å²) in [6.45, 7) is 2.40.